The molecule has 0 N–H and O–H groups in total. The predicted octanol–water partition coefficient (Wildman–Crippen LogP) is 10.5. The molecule has 0 amide bonds. The van der Waals surface area contributed by atoms with Crippen LogP contribution in [0.2, 0.25) is 11.8 Å². The van der Waals surface area contributed by atoms with Crippen LogP contribution in [0.3, 0.4) is 0 Å². The van der Waals surface area contributed by atoms with Crippen molar-refractivity contribution in [2.45, 2.75) is 78.0 Å². The summed E-state index contributed by atoms with van der Waals surface area (Å²) in [5, 5.41) is 0. The molecule has 0 radical (unpaired) electrons. The molecule has 190 valence electrons. The first-order valence-corrected chi connectivity index (χ1v) is 14.7. The number of allylic oxidation sites excluding steroid dienone is 4. The fourth-order valence-electron chi connectivity index (χ4n) is 4.26. The van der Waals surface area contributed by atoms with Gasteiger partial charge in [-0.25, -0.2) is 4.70 Å². The molecule has 2 aromatic carbocycles. The first-order chi connectivity index (χ1) is 17.1. The van der Waals surface area contributed by atoms with Gasteiger partial charge in [0, 0.05) is 22.3 Å². The van der Waals surface area contributed by atoms with E-state index in [4.69, 9.17) is 0 Å². The van der Waals surface area contributed by atoms with Crippen LogP contribution in [-0.2, 0) is 14.4 Å². The van der Waals surface area contributed by atoms with Crippen LogP contribution in [0.25, 0.3) is 29.1 Å². The van der Waals surface area contributed by atoms with Crippen molar-refractivity contribution in [1.29, 1.82) is 0 Å². The van der Waals surface area contributed by atoms with E-state index < -0.39 is 0 Å². The van der Waals surface area contributed by atoms with Gasteiger partial charge in [0.1, 0.15) is 0 Å². The van der Waals surface area contributed by atoms with E-state index in [1.807, 2.05) is 0 Å². The van der Waals surface area contributed by atoms with E-state index in [9.17, 15) is 5.53 Å². The van der Waals surface area contributed by atoms with E-state index in [0.29, 0.717) is 0 Å². The Bertz CT molecular complexity index is 1070. The first-order valence-electron chi connectivity index (χ1n) is 12.8. The van der Waals surface area contributed by atoms with Crippen LogP contribution in [0.5, 0.6) is 0 Å². The van der Waals surface area contributed by atoms with E-state index in [1.54, 1.807) is 14.4 Å². The molecule has 0 atom stereocenters. The first kappa shape index (κ1) is 28.7. The summed E-state index contributed by atoms with van der Waals surface area (Å²) in [5.74, 6) is 4.12. The summed E-state index contributed by atoms with van der Waals surface area (Å²) in [5.41, 5.74) is 20.3. The van der Waals surface area contributed by atoms with Crippen molar-refractivity contribution in [3.63, 3.8) is 0 Å². The van der Waals surface area contributed by atoms with Gasteiger partial charge < -0.3 is 5.53 Å². The number of unbranched alkanes of at least 4 members (excludes halogenated alkanes) is 1. The summed E-state index contributed by atoms with van der Waals surface area (Å²) in [6.07, 6.45) is 14.8. The fourth-order valence-corrected chi connectivity index (χ4v) is 4.26. The molecule has 0 aromatic heterocycles. The van der Waals surface area contributed by atoms with Crippen LogP contribution in [0.15, 0.2) is 71.8 Å². The van der Waals surface area contributed by atoms with E-state index in [-0.39, 0.29) is 0 Å². The van der Waals surface area contributed by atoms with Gasteiger partial charge in [0.2, 0.25) is 11.4 Å². The van der Waals surface area contributed by atoms with E-state index in [0.717, 1.165) is 61.0 Å². The third kappa shape index (κ3) is 7.74. The topological polar surface area (TPSA) is 25.3 Å². The zero-order valence-electron chi connectivity index (χ0n) is 22.4. The Hall–Kier alpha value is -2.51. The second-order valence-electron chi connectivity index (χ2n) is 8.60. The molecule has 2 nitrogen and oxygen atoms in total. The maximum absolute atomic E-state index is 11.4. The number of nitrogens with zero attached hydrogens (tertiary/aromatic N) is 2. The zero-order valence-corrected chi connectivity index (χ0v) is 23.4. The van der Waals surface area contributed by atoms with Gasteiger partial charge in [-0.2, -0.15) is 0 Å². The third-order valence-corrected chi connectivity index (χ3v) is 5.95. The van der Waals surface area contributed by atoms with E-state index >= 15 is 0 Å². The maximum atomic E-state index is 11.4. The van der Waals surface area contributed by atoms with E-state index in [2.05, 4.69) is 112 Å². The predicted molar refractivity (Wildman–Crippen MR) is 151 cm³/mol. The van der Waals surface area contributed by atoms with Crippen molar-refractivity contribution in [2.75, 3.05) is 0 Å². The van der Waals surface area contributed by atoms with Crippen molar-refractivity contribution in [1.82, 2.24) is 0 Å². The van der Waals surface area contributed by atoms with Crippen molar-refractivity contribution >= 4 is 23.5 Å². The number of hydrogen-bond acceptors (Lipinski definition) is 0. The molecule has 0 fully saturated rings. The second-order valence-corrected chi connectivity index (χ2v) is 9.59. The van der Waals surface area contributed by atoms with Crippen LogP contribution in [-0.4, -0.2) is 4.70 Å². The van der Waals surface area contributed by atoms with E-state index in [1.165, 1.54) is 27.0 Å². The Labute approximate surface area is 219 Å². The normalized spacial score (nSPS) is 13.9. The molecule has 0 saturated carbocycles. The molecular weight excluding hydrogens is 471 g/mol. The molecule has 0 saturated heterocycles. The average molecular weight is 513 g/mol. The molecule has 35 heavy (non-hydrogen) atoms. The summed E-state index contributed by atoms with van der Waals surface area (Å²) in [7, 11) is 0. The molecule has 0 unspecified atom stereocenters. The van der Waals surface area contributed by atoms with Gasteiger partial charge in [-0.3, -0.25) is 0 Å². The molecule has 0 aliphatic carbocycles. The monoisotopic (exact) mass is 512 g/mol. The molecule has 3 heteroatoms. The van der Waals surface area contributed by atoms with Gasteiger partial charge in [-0.1, -0.05) is 82.7 Å². The summed E-state index contributed by atoms with van der Waals surface area (Å²) in [6.45, 7) is 8.70. The fraction of sp³-hybridized carbons (Fsp3) is 0.375. The van der Waals surface area contributed by atoms with Crippen LogP contribution in [0.1, 0.15) is 88.5 Å². The molecule has 1 heterocycles. The number of benzene rings is 2. The van der Waals surface area contributed by atoms with Gasteiger partial charge in [0.25, 0.3) is 0 Å². The Kier molecular flexibility index (Phi) is 12.7. The van der Waals surface area contributed by atoms with Crippen molar-refractivity contribution in [2.24, 2.45) is 0 Å². The molecule has 0 bridgehead atoms. The van der Waals surface area contributed by atoms with Crippen LogP contribution < -0.4 is 0 Å². The SMILES string of the molecule is CCC=Cc1ccc(C2=C(CC)C(CCCC)=C(c3ccc(C=CCC)cc3)[N+]2=[N-])cc1.[CH3][Ni][CH3]. The summed E-state index contributed by atoms with van der Waals surface area (Å²) < 4.78 is 1.44. The molecule has 3 rings (SSSR count). The number of hydrogen-bond donors (Lipinski definition) is 0. The zero-order chi connectivity index (χ0) is 25.6. The van der Waals surface area contributed by atoms with Gasteiger partial charge in [-0.15, -0.1) is 0 Å². The summed E-state index contributed by atoms with van der Waals surface area (Å²) in [4.78, 5) is 0. The van der Waals surface area contributed by atoms with Crippen LogP contribution in [0.4, 0.5) is 0 Å². The van der Waals surface area contributed by atoms with Crippen molar-refractivity contribution < 1.29 is 19.1 Å². The van der Waals surface area contributed by atoms with Gasteiger partial charge in [0.15, 0.2) is 0 Å². The van der Waals surface area contributed by atoms with Gasteiger partial charge >= 0.3 is 26.2 Å². The molecule has 0 spiro atoms. The van der Waals surface area contributed by atoms with Crippen molar-refractivity contribution in [3.8, 4) is 0 Å². The molecule has 2 aromatic rings. The summed E-state index contributed by atoms with van der Waals surface area (Å²) >= 11 is 1.62. The second kappa shape index (κ2) is 15.5. The minimum atomic E-state index is 0.893. The third-order valence-electron chi connectivity index (χ3n) is 5.95. The molecule has 1 aliphatic heterocycles. The standard InChI is InChI=1S/C30H36N2.2CH3.Ni/c1-5-9-12-23-15-19-25(20-16-23)29-27(8-4)28(14-11-7-3)30(32(29)31)26-21-17-24(18-22-26)13-10-6-2;;;/h9-10,12-13,15-22H,5-8,11,14H2,1-4H3;2*1H3;. The minimum absolute atomic E-state index is 0.893. The molecular formula is C32H42N2Ni. The summed E-state index contributed by atoms with van der Waals surface area (Å²) in [6, 6.07) is 17.1. The Morgan fingerprint density at radius 2 is 1.14 bits per heavy atom. The van der Waals surface area contributed by atoms with Gasteiger partial charge in [-0.05, 0) is 67.5 Å². The molecule has 1 aliphatic rings. The Morgan fingerprint density at radius 1 is 0.714 bits per heavy atom. The Balaban J connectivity index is 0.00000137. The average Bonchev–Trinajstić information content (AvgIpc) is 3.16. The van der Waals surface area contributed by atoms with Crippen LogP contribution >= 0.6 is 0 Å². The van der Waals surface area contributed by atoms with Crippen LogP contribution in [0, 0.1) is 0 Å². The van der Waals surface area contributed by atoms with Crippen molar-refractivity contribution in [3.05, 3.63) is 99.6 Å². The quantitative estimate of drug-likeness (QED) is 0.223. The number of rotatable bonds is 10. The van der Waals surface area contributed by atoms with Gasteiger partial charge in [0.05, 0.1) is 0 Å². The Morgan fingerprint density at radius 3 is 1.51 bits per heavy atom.